The van der Waals surface area contributed by atoms with Gasteiger partial charge in [0.05, 0.1) is 7.11 Å². The maximum absolute atomic E-state index is 12.1. The number of methoxy groups -OCH3 is 1. The van der Waals surface area contributed by atoms with Crippen molar-refractivity contribution in [3.8, 4) is 5.75 Å². The van der Waals surface area contributed by atoms with E-state index in [0.717, 1.165) is 16.5 Å². The third kappa shape index (κ3) is 3.83. The molecule has 0 bridgehead atoms. The van der Waals surface area contributed by atoms with E-state index >= 15 is 0 Å². The van der Waals surface area contributed by atoms with Crippen molar-refractivity contribution in [2.45, 2.75) is 12.5 Å². The molecule has 2 aromatic carbocycles. The van der Waals surface area contributed by atoms with Gasteiger partial charge in [-0.1, -0.05) is 29.8 Å². The number of hydrogen-bond donors (Lipinski definition) is 2. The number of phenolic OH excluding ortho intramolecular Hbond substituents is 1. The Morgan fingerprint density at radius 1 is 1.36 bits per heavy atom. The standard InChI is InChI=1S/C19H17ClN2O3/c1-25-19(24)17(22-11-13-8-14(20)6-7-18(13)23)9-12-10-21-16-5-3-2-4-15(12)16/h2-8,10-11,17,21,23H,9H2,1H3/t17-/m1/s1. The Bertz CT molecular complexity index is 933. The molecule has 0 amide bonds. The van der Waals surface area contributed by atoms with Crippen LogP contribution in [0.3, 0.4) is 0 Å². The molecule has 0 saturated heterocycles. The summed E-state index contributed by atoms with van der Waals surface area (Å²) in [5.74, 6) is -0.396. The maximum Gasteiger partial charge on any atom is 0.330 e. The lowest BCUT2D eigenvalue weighted by molar-refractivity contribution is -0.142. The molecule has 128 valence electrons. The van der Waals surface area contributed by atoms with Gasteiger partial charge in [0, 0.05) is 40.3 Å². The zero-order valence-electron chi connectivity index (χ0n) is 13.6. The summed E-state index contributed by atoms with van der Waals surface area (Å²) in [5.41, 5.74) is 2.41. The molecule has 0 fully saturated rings. The zero-order chi connectivity index (χ0) is 17.8. The number of para-hydroxylation sites is 1. The van der Waals surface area contributed by atoms with Gasteiger partial charge in [-0.25, -0.2) is 4.79 Å². The number of carbonyl (C=O) groups is 1. The second-order valence-electron chi connectivity index (χ2n) is 5.58. The first-order valence-electron chi connectivity index (χ1n) is 7.73. The van der Waals surface area contributed by atoms with E-state index in [1.165, 1.54) is 19.4 Å². The summed E-state index contributed by atoms with van der Waals surface area (Å²) >= 11 is 5.93. The Kier molecular flexibility index (Phi) is 5.05. The first kappa shape index (κ1) is 17.0. The minimum atomic E-state index is -0.720. The Balaban J connectivity index is 1.88. The molecule has 3 rings (SSSR count). The van der Waals surface area contributed by atoms with E-state index in [1.807, 2.05) is 30.5 Å². The molecule has 1 aromatic heterocycles. The van der Waals surface area contributed by atoms with Gasteiger partial charge in [0.2, 0.25) is 0 Å². The highest BCUT2D eigenvalue weighted by Gasteiger charge is 2.20. The fraction of sp³-hybridized carbons (Fsp3) is 0.158. The van der Waals surface area contributed by atoms with Crippen LogP contribution in [0.25, 0.3) is 10.9 Å². The summed E-state index contributed by atoms with van der Waals surface area (Å²) in [6, 6.07) is 11.8. The summed E-state index contributed by atoms with van der Waals surface area (Å²) in [4.78, 5) is 19.6. The number of aliphatic imine (C=N–C) groups is 1. The van der Waals surface area contributed by atoms with Crippen LogP contribution in [0.2, 0.25) is 5.02 Å². The largest absolute Gasteiger partial charge is 0.507 e. The average molecular weight is 357 g/mol. The molecule has 1 atom stereocenters. The number of phenols is 1. The second kappa shape index (κ2) is 7.40. The van der Waals surface area contributed by atoms with Crippen LogP contribution < -0.4 is 0 Å². The van der Waals surface area contributed by atoms with Crippen LogP contribution >= 0.6 is 11.6 Å². The molecular weight excluding hydrogens is 340 g/mol. The lowest BCUT2D eigenvalue weighted by atomic mass is 10.1. The Morgan fingerprint density at radius 3 is 2.96 bits per heavy atom. The fourth-order valence-corrected chi connectivity index (χ4v) is 2.82. The van der Waals surface area contributed by atoms with Gasteiger partial charge in [-0.05, 0) is 29.8 Å². The van der Waals surface area contributed by atoms with Crippen molar-refractivity contribution in [2.75, 3.05) is 7.11 Å². The molecule has 3 aromatic rings. The number of nitrogens with one attached hydrogen (secondary N) is 1. The molecule has 25 heavy (non-hydrogen) atoms. The number of hydrogen-bond acceptors (Lipinski definition) is 4. The van der Waals surface area contributed by atoms with E-state index < -0.39 is 12.0 Å². The summed E-state index contributed by atoms with van der Waals surface area (Å²) in [5, 5.41) is 11.4. The summed E-state index contributed by atoms with van der Waals surface area (Å²) < 4.78 is 4.86. The number of fused-ring (bicyclic) bond motifs is 1. The van der Waals surface area contributed by atoms with Crippen LogP contribution in [0, 0.1) is 0 Å². The van der Waals surface area contributed by atoms with Crippen molar-refractivity contribution in [1.29, 1.82) is 0 Å². The third-order valence-electron chi connectivity index (χ3n) is 3.94. The Labute approximate surface area is 149 Å². The summed E-state index contributed by atoms with van der Waals surface area (Å²) in [6.07, 6.45) is 3.69. The molecule has 0 spiro atoms. The van der Waals surface area contributed by atoms with E-state index in [1.54, 1.807) is 12.1 Å². The molecular formula is C19H17ClN2O3. The number of rotatable bonds is 5. The van der Waals surface area contributed by atoms with Gasteiger partial charge in [0.1, 0.15) is 5.75 Å². The SMILES string of the molecule is COC(=O)[C@@H](Cc1c[nH]c2ccccc12)N=Cc1cc(Cl)ccc1O. The number of benzene rings is 2. The van der Waals surface area contributed by atoms with Gasteiger partial charge in [-0.3, -0.25) is 4.99 Å². The predicted molar refractivity (Wildman–Crippen MR) is 98.5 cm³/mol. The molecule has 0 aliphatic rings. The van der Waals surface area contributed by atoms with Crippen LogP contribution in [0.4, 0.5) is 0 Å². The van der Waals surface area contributed by atoms with Gasteiger partial charge in [-0.15, -0.1) is 0 Å². The number of aromatic amines is 1. The number of esters is 1. The van der Waals surface area contributed by atoms with Crippen molar-refractivity contribution in [3.63, 3.8) is 0 Å². The Morgan fingerprint density at radius 2 is 2.16 bits per heavy atom. The van der Waals surface area contributed by atoms with Gasteiger partial charge < -0.3 is 14.8 Å². The molecule has 0 aliphatic carbocycles. The van der Waals surface area contributed by atoms with E-state index in [4.69, 9.17) is 16.3 Å². The van der Waals surface area contributed by atoms with Gasteiger partial charge in [-0.2, -0.15) is 0 Å². The molecule has 0 saturated carbocycles. The van der Waals surface area contributed by atoms with Crippen molar-refractivity contribution in [2.24, 2.45) is 4.99 Å². The van der Waals surface area contributed by atoms with Gasteiger partial charge in [0.25, 0.3) is 0 Å². The minimum absolute atomic E-state index is 0.0452. The highest BCUT2D eigenvalue weighted by Crippen LogP contribution is 2.22. The normalized spacial score (nSPS) is 12.6. The van der Waals surface area contributed by atoms with E-state index in [-0.39, 0.29) is 5.75 Å². The highest BCUT2D eigenvalue weighted by molar-refractivity contribution is 6.30. The number of ether oxygens (including phenoxy) is 1. The monoisotopic (exact) mass is 356 g/mol. The van der Waals surface area contributed by atoms with Crippen molar-refractivity contribution in [3.05, 3.63) is 64.8 Å². The molecule has 0 aliphatic heterocycles. The number of H-pyrrole nitrogens is 1. The first-order chi connectivity index (χ1) is 12.1. The predicted octanol–water partition coefficient (Wildman–Crippen LogP) is 3.73. The lowest BCUT2D eigenvalue weighted by Gasteiger charge is -2.10. The highest BCUT2D eigenvalue weighted by atomic mass is 35.5. The van der Waals surface area contributed by atoms with Crippen LogP contribution in [0.15, 0.2) is 53.7 Å². The summed E-state index contributed by atoms with van der Waals surface area (Å²) in [7, 11) is 1.33. The van der Waals surface area contributed by atoms with Crippen LogP contribution in [0.5, 0.6) is 5.75 Å². The number of nitrogens with zero attached hydrogens (tertiary/aromatic N) is 1. The second-order valence-corrected chi connectivity index (χ2v) is 6.02. The molecule has 6 heteroatoms. The van der Waals surface area contributed by atoms with E-state index in [9.17, 15) is 9.90 Å². The molecule has 1 heterocycles. The van der Waals surface area contributed by atoms with Gasteiger partial charge in [0.15, 0.2) is 6.04 Å². The molecule has 0 unspecified atom stereocenters. The first-order valence-corrected chi connectivity index (χ1v) is 8.11. The van der Waals surface area contributed by atoms with Crippen molar-refractivity contribution >= 4 is 34.7 Å². The Hall–Kier alpha value is -2.79. The molecule has 0 radical (unpaired) electrons. The molecule has 5 nitrogen and oxygen atoms in total. The van der Waals surface area contributed by atoms with E-state index in [0.29, 0.717) is 17.0 Å². The average Bonchev–Trinajstić information content (AvgIpc) is 3.03. The fourth-order valence-electron chi connectivity index (χ4n) is 2.64. The molecule has 2 N–H and O–H groups in total. The maximum atomic E-state index is 12.1. The number of halogens is 1. The topological polar surface area (TPSA) is 74.7 Å². The minimum Gasteiger partial charge on any atom is -0.507 e. The number of aromatic hydroxyl groups is 1. The third-order valence-corrected chi connectivity index (χ3v) is 4.18. The van der Waals surface area contributed by atoms with Crippen LogP contribution in [-0.2, 0) is 16.0 Å². The number of carbonyl (C=O) groups excluding carboxylic acids is 1. The lowest BCUT2D eigenvalue weighted by Crippen LogP contribution is -2.23. The van der Waals surface area contributed by atoms with Crippen LogP contribution in [0.1, 0.15) is 11.1 Å². The van der Waals surface area contributed by atoms with E-state index in [2.05, 4.69) is 9.98 Å². The van der Waals surface area contributed by atoms with Crippen molar-refractivity contribution < 1.29 is 14.6 Å². The van der Waals surface area contributed by atoms with Crippen LogP contribution in [-0.4, -0.2) is 35.4 Å². The van der Waals surface area contributed by atoms with Gasteiger partial charge >= 0.3 is 5.97 Å². The van der Waals surface area contributed by atoms with Crippen molar-refractivity contribution in [1.82, 2.24) is 4.98 Å². The zero-order valence-corrected chi connectivity index (χ0v) is 14.3. The smallest absolute Gasteiger partial charge is 0.330 e. The quantitative estimate of drug-likeness (QED) is 0.540. The number of aromatic nitrogens is 1. The summed E-state index contributed by atoms with van der Waals surface area (Å²) in [6.45, 7) is 0.